The van der Waals surface area contributed by atoms with Crippen LogP contribution in [0.4, 0.5) is 0 Å². The molecule has 1 aliphatic heterocycles. The van der Waals surface area contributed by atoms with Gasteiger partial charge in [-0.15, -0.1) is 0 Å². The largest absolute Gasteiger partial charge is 0.481 e. The molecule has 128 valence electrons. The Morgan fingerprint density at radius 1 is 1.35 bits per heavy atom. The summed E-state index contributed by atoms with van der Waals surface area (Å²) in [6.07, 6.45) is 2.58. The molecule has 5 heteroatoms. The highest BCUT2D eigenvalue weighted by molar-refractivity contribution is 5.71. The van der Waals surface area contributed by atoms with E-state index in [2.05, 4.69) is 34.1 Å². The van der Waals surface area contributed by atoms with E-state index in [9.17, 15) is 4.79 Å². The van der Waals surface area contributed by atoms with Crippen LogP contribution in [0, 0.1) is 13.8 Å². The summed E-state index contributed by atoms with van der Waals surface area (Å²) in [5, 5.41) is 3.55. The number of carbonyl (C=O) groups is 1. The SMILES string of the molecule is COC(=O)COc1c(C)cc(CNCC2CCCN2C)cc1C. The van der Waals surface area contributed by atoms with Crippen molar-refractivity contribution in [2.75, 3.05) is 33.9 Å². The highest BCUT2D eigenvalue weighted by atomic mass is 16.6. The Morgan fingerprint density at radius 2 is 2.04 bits per heavy atom. The molecule has 1 fully saturated rings. The lowest BCUT2D eigenvalue weighted by molar-refractivity contribution is -0.142. The summed E-state index contributed by atoms with van der Waals surface area (Å²) in [7, 11) is 3.56. The van der Waals surface area contributed by atoms with Gasteiger partial charge in [0.1, 0.15) is 5.75 Å². The van der Waals surface area contributed by atoms with Crippen LogP contribution in [0.2, 0.25) is 0 Å². The van der Waals surface area contributed by atoms with Crippen LogP contribution in [0.5, 0.6) is 5.75 Å². The van der Waals surface area contributed by atoms with Crippen LogP contribution in [0.1, 0.15) is 29.5 Å². The lowest BCUT2D eigenvalue weighted by Crippen LogP contribution is -2.35. The van der Waals surface area contributed by atoms with Gasteiger partial charge >= 0.3 is 5.97 Å². The molecule has 2 rings (SSSR count). The summed E-state index contributed by atoms with van der Waals surface area (Å²) in [4.78, 5) is 13.6. The molecule has 1 N–H and O–H groups in total. The van der Waals surface area contributed by atoms with Gasteiger partial charge in [0.05, 0.1) is 7.11 Å². The van der Waals surface area contributed by atoms with Crippen molar-refractivity contribution in [1.82, 2.24) is 10.2 Å². The predicted molar refractivity (Wildman–Crippen MR) is 90.8 cm³/mol. The zero-order valence-electron chi connectivity index (χ0n) is 14.6. The van der Waals surface area contributed by atoms with Gasteiger partial charge in [-0.3, -0.25) is 0 Å². The number of methoxy groups -OCH3 is 1. The number of nitrogens with one attached hydrogen (secondary N) is 1. The molecule has 23 heavy (non-hydrogen) atoms. The monoisotopic (exact) mass is 320 g/mol. The number of hydrogen-bond donors (Lipinski definition) is 1. The van der Waals surface area contributed by atoms with Crippen LogP contribution in [0.3, 0.4) is 0 Å². The molecule has 0 aliphatic carbocycles. The average molecular weight is 320 g/mol. The number of likely N-dealkylation sites (tertiary alicyclic amines) is 1. The van der Waals surface area contributed by atoms with Crippen LogP contribution in [0.15, 0.2) is 12.1 Å². The molecule has 1 aromatic carbocycles. The molecule has 1 unspecified atom stereocenters. The third-order valence-corrected chi connectivity index (χ3v) is 4.46. The van der Waals surface area contributed by atoms with Gasteiger partial charge in [-0.1, -0.05) is 12.1 Å². The lowest BCUT2D eigenvalue weighted by atomic mass is 10.1. The summed E-state index contributed by atoms with van der Waals surface area (Å²) in [6, 6.07) is 4.88. The normalized spacial score (nSPS) is 18.2. The fourth-order valence-electron chi connectivity index (χ4n) is 3.18. The zero-order chi connectivity index (χ0) is 16.8. The average Bonchev–Trinajstić information content (AvgIpc) is 2.91. The number of esters is 1. The third kappa shape index (κ3) is 4.94. The molecule has 5 nitrogen and oxygen atoms in total. The van der Waals surface area contributed by atoms with Crippen molar-refractivity contribution in [2.45, 2.75) is 39.3 Å². The van der Waals surface area contributed by atoms with Gasteiger partial charge in [0.15, 0.2) is 6.61 Å². The van der Waals surface area contributed by atoms with Gasteiger partial charge in [0.2, 0.25) is 0 Å². The first-order chi connectivity index (χ1) is 11.0. The van der Waals surface area contributed by atoms with Gasteiger partial charge in [-0.05, 0) is 57.0 Å². The zero-order valence-corrected chi connectivity index (χ0v) is 14.6. The molecule has 0 saturated carbocycles. The van der Waals surface area contributed by atoms with E-state index < -0.39 is 0 Å². The Balaban J connectivity index is 1.89. The third-order valence-electron chi connectivity index (χ3n) is 4.46. The fourth-order valence-corrected chi connectivity index (χ4v) is 3.18. The Bertz CT molecular complexity index is 522. The first-order valence-corrected chi connectivity index (χ1v) is 8.22. The summed E-state index contributed by atoms with van der Waals surface area (Å²) >= 11 is 0. The van der Waals surface area contributed by atoms with E-state index in [-0.39, 0.29) is 12.6 Å². The van der Waals surface area contributed by atoms with Crippen LogP contribution in [-0.4, -0.2) is 50.8 Å². The number of rotatable bonds is 7. The molecular formula is C18H28N2O3. The van der Waals surface area contributed by atoms with E-state index >= 15 is 0 Å². The highest BCUT2D eigenvalue weighted by Gasteiger charge is 2.19. The van der Waals surface area contributed by atoms with E-state index in [1.165, 1.54) is 32.1 Å². The van der Waals surface area contributed by atoms with E-state index in [0.717, 1.165) is 30.0 Å². The first kappa shape index (κ1) is 17.8. The van der Waals surface area contributed by atoms with Crippen molar-refractivity contribution in [2.24, 2.45) is 0 Å². The van der Waals surface area contributed by atoms with Crippen LogP contribution in [-0.2, 0) is 16.1 Å². The Morgan fingerprint density at radius 3 is 2.61 bits per heavy atom. The maximum atomic E-state index is 11.2. The van der Waals surface area contributed by atoms with Gasteiger partial charge in [0.25, 0.3) is 0 Å². The molecule has 1 heterocycles. The van der Waals surface area contributed by atoms with E-state index in [1.807, 2.05) is 13.8 Å². The Kier molecular flexibility index (Phi) is 6.42. The number of hydrogen-bond acceptors (Lipinski definition) is 5. The van der Waals surface area contributed by atoms with Crippen molar-refractivity contribution in [3.8, 4) is 5.75 Å². The summed E-state index contributed by atoms with van der Waals surface area (Å²) in [5.41, 5.74) is 3.33. The van der Waals surface area contributed by atoms with Gasteiger partial charge in [-0.2, -0.15) is 0 Å². The van der Waals surface area contributed by atoms with E-state index in [4.69, 9.17) is 4.74 Å². The molecule has 0 aromatic heterocycles. The Labute approximate surface area is 139 Å². The van der Waals surface area contributed by atoms with Crippen molar-refractivity contribution < 1.29 is 14.3 Å². The standard InChI is InChI=1S/C18H28N2O3/c1-13-8-15(10-19-11-16-6-5-7-20(16)3)9-14(2)18(13)23-12-17(21)22-4/h8-9,16,19H,5-7,10-12H2,1-4H3. The number of likely N-dealkylation sites (N-methyl/N-ethyl adjacent to an activating group) is 1. The molecule has 1 saturated heterocycles. The second-order valence-electron chi connectivity index (χ2n) is 6.33. The second-order valence-corrected chi connectivity index (χ2v) is 6.33. The van der Waals surface area contributed by atoms with Crippen molar-refractivity contribution >= 4 is 5.97 Å². The molecule has 0 amide bonds. The first-order valence-electron chi connectivity index (χ1n) is 8.22. The molecular weight excluding hydrogens is 292 g/mol. The number of carbonyl (C=O) groups excluding carboxylic acids is 1. The lowest BCUT2D eigenvalue weighted by Gasteiger charge is -2.20. The molecule has 1 aromatic rings. The minimum atomic E-state index is -0.366. The number of benzene rings is 1. The molecule has 1 aliphatic rings. The van der Waals surface area contributed by atoms with E-state index in [0.29, 0.717) is 6.04 Å². The number of aryl methyl sites for hydroxylation is 2. The van der Waals surface area contributed by atoms with Crippen molar-refractivity contribution in [3.05, 3.63) is 28.8 Å². The van der Waals surface area contributed by atoms with Gasteiger partial charge < -0.3 is 19.7 Å². The van der Waals surface area contributed by atoms with Gasteiger partial charge in [0, 0.05) is 19.1 Å². The van der Waals surface area contributed by atoms with E-state index in [1.54, 1.807) is 0 Å². The maximum Gasteiger partial charge on any atom is 0.343 e. The molecule has 0 radical (unpaired) electrons. The van der Waals surface area contributed by atoms with Gasteiger partial charge in [-0.25, -0.2) is 4.79 Å². The fraction of sp³-hybridized carbons (Fsp3) is 0.611. The van der Waals surface area contributed by atoms with Crippen LogP contribution < -0.4 is 10.1 Å². The van der Waals surface area contributed by atoms with Crippen molar-refractivity contribution in [1.29, 1.82) is 0 Å². The van der Waals surface area contributed by atoms with Crippen LogP contribution in [0.25, 0.3) is 0 Å². The molecule has 0 spiro atoms. The summed E-state index contributed by atoms with van der Waals surface area (Å²) < 4.78 is 10.2. The highest BCUT2D eigenvalue weighted by Crippen LogP contribution is 2.25. The predicted octanol–water partition coefficient (Wildman–Crippen LogP) is 2.04. The molecule has 1 atom stereocenters. The Hall–Kier alpha value is -1.59. The second kappa shape index (κ2) is 8.31. The minimum Gasteiger partial charge on any atom is -0.481 e. The minimum absolute atomic E-state index is 0.0518. The molecule has 0 bridgehead atoms. The maximum absolute atomic E-state index is 11.2. The quantitative estimate of drug-likeness (QED) is 0.779. The van der Waals surface area contributed by atoms with Crippen LogP contribution >= 0.6 is 0 Å². The number of ether oxygens (including phenoxy) is 2. The smallest absolute Gasteiger partial charge is 0.343 e. The number of nitrogens with zero attached hydrogens (tertiary/aromatic N) is 1. The summed E-state index contributed by atoms with van der Waals surface area (Å²) in [5.74, 6) is 0.407. The summed E-state index contributed by atoms with van der Waals surface area (Å²) in [6.45, 7) is 7.04. The topological polar surface area (TPSA) is 50.8 Å². The van der Waals surface area contributed by atoms with Crippen molar-refractivity contribution in [3.63, 3.8) is 0 Å².